The second-order valence-electron chi connectivity index (χ2n) is 5.76. The Morgan fingerprint density at radius 2 is 1.55 bits per heavy atom. The fraction of sp³-hybridized carbons (Fsp3) is 0.833. The van der Waals surface area contributed by atoms with Gasteiger partial charge in [-0.15, -0.1) is 0 Å². The van der Waals surface area contributed by atoms with E-state index in [1.165, 1.54) is 14.1 Å². The Bertz CT molecular complexity index is 349. The molecule has 0 heterocycles. The average Bonchev–Trinajstić information content (AvgIpc) is 2.21. The lowest BCUT2D eigenvalue weighted by Gasteiger charge is -2.27. The summed E-state index contributed by atoms with van der Waals surface area (Å²) in [5, 5.41) is 2.81. The van der Waals surface area contributed by atoms with Gasteiger partial charge in [0.15, 0.2) is 0 Å². The van der Waals surface area contributed by atoms with Crippen LogP contribution in [0.2, 0.25) is 0 Å². The van der Waals surface area contributed by atoms with Crippen LogP contribution in [0.15, 0.2) is 0 Å². The van der Waals surface area contributed by atoms with Gasteiger partial charge in [0.25, 0.3) is 0 Å². The molecule has 0 aliphatic rings. The fourth-order valence-corrected chi connectivity index (χ4v) is 1.21. The molecule has 8 heteroatoms. The van der Waals surface area contributed by atoms with E-state index in [0.717, 1.165) is 4.90 Å². The molecule has 118 valence electrons. The van der Waals surface area contributed by atoms with Gasteiger partial charge in [-0.3, -0.25) is 9.59 Å². The minimum absolute atomic E-state index is 0.250. The highest BCUT2D eigenvalue weighted by molar-refractivity contribution is 5.85. The third-order valence-corrected chi connectivity index (χ3v) is 2.32. The van der Waals surface area contributed by atoms with Crippen LogP contribution >= 0.6 is 0 Å². The Hall–Kier alpha value is -1.31. The normalized spacial score (nSPS) is 12.2. The van der Waals surface area contributed by atoms with Crippen molar-refractivity contribution in [3.05, 3.63) is 0 Å². The summed E-state index contributed by atoms with van der Waals surface area (Å²) in [5.74, 6) is -1.31. The summed E-state index contributed by atoms with van der Waals surface area (Å²) in [4.78, 5) is 25.0. The van der Waals surface area contributed by atoms with Crippen molar-refractivity contribution in [2.75, 3.05) is 33.7 Å². The lowest BCUT2D eigenvalue weighted by Crippen LogP contribution is -2.50. The van der Waals surface area contributed by atoms with E-state index in [9.17, 15) is 22.8 Å². The van der Waals surface area contributed by atoms with Crippen molar-refractivity contribution in [3.63, 3.8) is 0 Å². The third-order valence-electron chi connectivity index (χ3n) is 2.32. The first-order chi connectivity index (χ1) is 8.82. The van der Waals surface area contributed by atoms with E-state index in [4.69, 9.17) is 0 Å². The Balaban J connectivity index is 4.75. The van der Waals surface area contributed by atoms with Crippen LogP contribution in [0.1, 0.15) is 20.8 Å². The molecule has 0 saturated carbocycles. The van der Waals surface area contributed by atoms with E-state index in [1.807, 2.05) is 0 Å². The number of hydrogen-bond acceptors (Lipinski definition) is 3. The van der Waals surface area contributed by atoms with Crippen molar-refractivity contribution in [3.8, 4) is 0 Å². The molecule has 0 unspecified atom stereocenters. The zero-order valence-electron chi connectivity index (χ0n) is 12.5. The summed E-state index contributed by atoms with van der Waals surface area (Å²) in [6.45, 7) is 3.10. The van der Waals surface area contributed by atoms with Gasteiger partial charge in [-0.05, 0) is 20.8 Å². The maximum absolute atomic E-state index is 12.5. The number of carbonyl (C=O) groups excluding carboxylic acids is 2. The smallest absolute Gasteiger partial charge is 0.347 e. The monoisotopic (exact) mass is 297 g/mol. The molecule has 1 N–H and O–H groups in total. The van der Waals surface area contributed by atoms with Crippen LogP contribution in [0.4, 0.5) is 13.2 Å². The van der Waals surface area contributed by atoms with E-state index in [2.05, 4.69) is 5.32 Å². The standard InChI is InChI=1S/C12H22F3N3O2/c1-11(2,3)16-6-9(19)18(8-12(13,14)15)7-10(20)17(4)5/h16H,6-8H2,1-5H3. The molecule has 0 spiro atoms. The van der Waals surface area contributed by atoms with Crippen LogP contribution in [0, 0.1) is 0 Å². The number of amides is 2. The van der Waals surface area contributed by atoms with Crippen molar-refractivity contribution in [1.82, 2.24) is 15.1 Å². The van der Waals surface area contributed by atoms with Crippen molar-refractivity contribution in [2.24, 2.45) is 0 Å². The fourth-order valence-electron chi connectivity index (χ4n) is 1.21. The molecule has 0 aromatic carbocycles. The number of carbonyl (C=O) groups is 2. The number of nitrogens with zero attached hydrogens (tertiary/aromatic N) is 2. The lowest BCUT2D eigenvalue weighted by atomic mass is 10.1. The summed E-state index contributed by atoms with van der Waals surface area (Å²) in [6, 6.07) is 0. The van der Waals surface area contributed by atoms with Gasteiger partial charge >= 0.3 is 6.18 Å². The first-order valence-corrected chi connectivity index (χ1v) is 6.11. The molecule has 0 radical (unpaired) electrons. The number of halogens is 3. The van der Waals surface area contributed by atoms with Gasteiger partial charge in [0.05, 0.1) is 6.54 Å². The van der Waals surface area contributed by atoms with Crippen LogP contribution in [0.5, 0.6) is 0 Å². The summed E-state index contributed by atoms with van der Waals surface area (Å²) < 4.78 is 37.4. The van der Waals surface area contributed by atoms with Crippen LogP contribution < -0.4 is 5.32 Å². The second-order valence-corrected chi connectivity index (χ2v) is 5.76. The van der Waals surface area contributed by atoms with E-state index in [1.54, 1.807) is 20.8 Å². The molecule has 0 atom stereocenters. The first kappa shape index (κ1) is 18.7. The quantitative estimate of drug-likeness (QED) is 0.818. The predicted molar refractivity (Wildman–Crippen MR) is 69.1 cm³/mol. The van der Waals surface area contributed by atoms with E-state index in [0.29, 0.717) is 4.90 Å². The Morgan fingerprint density at radius 3 is 1.90 bits per heavy atom. The van der Waals surface area contributed by atoms with Gasteiger partial charge in [0.1, 0.15) is 13.1 Å². The number of nitrogens with one attached hydrogen (secondary N) is 1. The average molecular weight is 297 g/mol. The summed E-state index contributed by atoms with van der Waals surface area (Å²) >= 11 is 0. The van der Waals surface area contributed by atoms with E-state index < -0.39 is 36.6 Å². The molecule has 0 aromatic heterocycles. The minimum Gasteiger partial charge on any atom is -0.347 e. The van der Waals surface area contributed by atoms with Crippen molar-refractivity contribution in [2.45, 2.75) is 32.5 Å². The van der Waals surface area contributed by atoms with Crippen LogP contribution in [-0.2, 0) is 9.59 Å². The molecular weight excluding hydrogens is 275 g/mol. The van der Waals surface area contributed by atoms with Crippen molar-refractivity contribution < 1.29 is 22.8 Å². The molecule has 0 rings (SSSR count). The third kappa shape index (κ3) is 8.73. The number of hydrogen-bond donors (Lipinski definition) is 1. The predicted octanol–water partition coefficient (Wildman–Crippen LogP) is 0.854. The number of likely N-dealkylation sites (N-methyl/N-ethyl adjacent to an activating group) is 1. The Kier molecular flexibility index (Phi) is 6.46. The van der Waals surface area contributed by atoms with Crippen molar-refractivity contribution in [1.29, 1.82) is 0 Å². The van der Waals surface area contributed by atoms with Gasteiger partial charge in [0, 0.05) is 19.6 Å². The Labute approximate surface area is 117 Å². The van der Waals surface area contributed by atoms with E-state index >= 15 is 0 Å². The van der Waals surface area contributed by atoms with Gasteiger partial charge < -0.3 is 15.1 Å². The largest absolute Gasteiger partial charge is 0.406 e. The van der Waals surface area contributed by atoms with E-state index in [-0.39, 0.29) is 6.54 Å². The van der Waals surface area contributed by atoms with Gasteiger partial charge in [-0.1, -0.05) is 0 Å². The molecule has 2 amide bonds. The summed E-state index contributed by atoms with van der Waals surface area (Å²) in [7, 11) is 2.85. The highest BCUT2D eigenvalue weighted by atomic mass is 19.4. The van der Waals surface area contributed by atoms with Crippen LogP contribution in [0.25, 0.3) is 0 Å². The number of alkyl halides is 3. The molecule has 0 bridgehead atoms. The minimum atomic E-state index is -4.54. The first-order valence-electron chi connectivity index (χ1n) is 6.11. The van der Waals surface area contributed by atoms with Crippen molar-refractivity contribution >= 4 is 11.8 Å². The zero-order chi connectivity index (χ0) is 16.1. The maximum atomic E-state index is 12.5. The zero-order valence-corrected chi connectivity index (χ0v) is 12.5. The molecule has 5 nitrogen and oxygen atoms in total. The number of rotatable bonds is 5. The van der Waals surface area contributed by atoms with Gasteiger partial charge in [0.2, 0.25) is 11.8 Å². The summed E-state index contributed by atoms with van der Waals surface area (Å²) in [5.41, 5.74) is -0.398. The SMILES string of the molecule is CN(C)C(=O)CN(CC(F)(F)F)C(=O)CNC(C)(C)C. The summed E-state index contributed by atoms with van der Waals surface area (Å²) in [6.07, 6.45) is -4.54. The maximum Gasteiger partial charge on any atom is 0.406 e. The molecule has 0 saturated heterocycles. The molecule has 0 aliphatic carbocycles. The Morgan fingerprint density at radius 1 is 1.05 bits per heavy atom. The molecule has 20 heavy (non-hydrogen) atoms. The lowest BCUT2D eigenvalue weighted by molar-refractivity contribution is -0.163. The van der Waals surface area contributed by atoms with Crippen LogP contribution in [0.3, 0.4) is 0 Å². The highest BCUT2D eigenvalue weighted by Gasteiger charge is 2.34. The van der Waals surface area contributed by atoms with Gasteiger partial charge in [-0.2, -0.15) is 13.2 Å². The topological polar surface area (TPSA) is 52.7 Å². The van der Waals surface area contributed by atoms with Gasteiger partial charge in [-0.25, -0.2) is 0 Å². The molecular formula is C12H22F3N3O2. The molecule has 0 aromatic rings. The molecule has 0 fully saturated rings. The highest BCUT2D eigenvalue weighted by Crippen LogP contribution is 2.16. The van der Waals surface area contributed by atoms with Crippen LogP contribution in [-0.4, -0.2) is 67.1 Å². The second kappa shape index (κ2) is 6.92. The molecule has 0 aliphatic heterocycles.